The fraction of sp³-hybridized carbons (Fsp3) is 0.118. The SMILES string of the molecule is COC(=O)c1cn(NC(=O)Cn2ccc3cccnc32)cc2c(=O)[nH]nc1-2. The number of carbonyl (C=O) groups excluding carboxylic acids is 2. The van der Waals surface area contributed by atoms with Gasteiger partial charge in [0.2, 0.25) is 0 Å². The van der Waals surface area contributed by atoms with Crippen LogP contribution >= 0.6 is 0 Å². The molecule has 1 amide bonds. The first-order chi connectivity index (χ1) is 13.1. The Morgan fingerprint density at radius 1 is 1.30 bits per heavy atom. The Bertz CT molecular complexity index is 1190. The molecular weight excluding hydrogens is 352 g/mol. The third-order valence-corrected chi connectivity index (χ3v) is 4.06. The number of rotatable bonds is 4. The Morgan fingerprint density at radius 2 is 2.15 bits per heavy atom. The predicted molar refractivity (Wildman–Crippen MR) is 94.9 cm³/mol. The van der Waals surface area contributed by atoms with E-state index >= 15 is 0 Å². The second-order valence-electron chi connectivity index (χ2n) is 5.78. The number of pyridine rings is 2. The van der Waals surface area contributed by atoms with E-state index < -0.39 is 11.5 Å². The summed E-state index contributed by atoms with van der Waals surface area (Å²) in [5, 5.41) is 7.03. The Morgan fingerprint density at radius 3 is 2.96 bits per heavy atom. The number of esters is 1. The van der Waals surface area contributed by atoms with Crippen LogP contribution in [0, 0.1) is 0 Å². The average Bonchev–Trinajstić information content (AvgIpc) is 3.25. The minimum absolute atomic E-state index is 0.00866. The van der Waals surface area contributed by atoms with Gasteiger partial charge in [0.05, 0.1) is 12.7 Å². The molecular formula is C17H14N6O4. The summed E-state index contributed by atoms with van der Waals surface area (Å²) in [5.41, 5.74) is 3.22. The quantitative estimate of drug-likeness (QED) is 0.509. The van der Waals surface area contributed by atoms with Gasteiger partial charge in [0.15, 0.2) is 0 Å². The molecule has 2 aliphatic rings. The highest BCUT2D eigenvalue weighted by molar-refractivity contribution is 5.96. The number of carbonyl (C=O) groups is 2. The van der Waals surface area contributed by atoms with Gasteiger partial charge in [0, 0.05) is 30.2 Å². The molecule has 0 unspecified atom stereocenters. The van der Waals surface area contributed by atoms with Crippen LogP contribution in [0.1, 0.15) is 10.4 Å². The van der Waals surface area contributed by atoms with Gasteiger partial charge in [0.1, 0.15) is 23.4 Å². The molecule has 136 valence electrons. The molecule has 0 aliphatic carbocycles. The van der Waals surface area contributed by atoms with E-state index in [0.29, 0.717) is 5.65 Å². The minimum Gasteiger partial charge on any atom is -0.465 e. The lowest BCUT2D eigenvalue weighted by molar-refractivity contribution is -0.117. The lowest BCUT2D eigenvalue weighted by atomic mass is 10.1. The summed E-state index contributed by atoms with van der Waals surface area (Å²) in [5.74, 6) is -1.04. The second-order valence-corrected chi connectivity index (χ2v) is 5.78. The third kappa shape index (κ3) is 2.92. The van der Waals surface area contributed by atoms with Crippen molar-refractivity contribution in [3.63, 3.8) is 0 Å². The first-order valence-electron chi connectivity index (χ1n) is 7.95. The van der Waals surface area contributed by atoms with Gasteiger partial charge in [-0.25, -0.2) is 14.9 Å². The number of H-pyrrole nitrogens is 1. The summed E-state index contributed by atoms with van der Waals surface area (Å²) in [7, 11) is 1.22. The van der Waals surface area contributed by atoms with E-state index in [1.807, 2.05) is 18.2 Å². The van der Waals surface area contributed by atoms with Crippen molar-refractivity contribution in [2.75, 3.05) is 12.5 Å². The maximum Gasteiger partial charge on any atom is 0.341 e. The second kappa shape index (κ2) is 6.41. The molecule has 0 aromatic carbocycles. The molecule has 2 N–H and O–H groups in total. The van der Waals surface area contributed by atoms with Gasteiger partial charge in [-0.3, -0.25) is 19.7 Å². The van der Waals surface area contributed by atoms with Crippen molar-refractivity contribution in [2.45, 2.75) is 6.54 Å². The average molecular weight is 366 g/mol. The zero-order valence-corrected chi connectivity index (χ0v) is 14.2. The van der Waals surface area contributed by atoms with Crippen LogP contribution in [0.3, 0.4) is 0 Å². The minimum atomic E-state index is -0.671. The van der Waals surface area contributed by atoms with Crippen molar-refractivity contribution in [2.24, 2.45) is 0 Å². The molecule has 10 nitrogen and oxygen atoms in total. The van der Waals surface area contributed by atoms with Crippen molar-refractivity contribution >= 4 is 22.9 Å². The van der Waals surface area contributed by atoms with E-state index in [9.17, 15) is 14.4 Å². The van der Waals surface area contributed by atoms with E-state index in [4.69, 9.17) is 4.74 Å². The summed E-state index contributed by atoms with van der Waals surface area (Å²) in [6, 6.07) is 5.58. The molecule has 4 heterocycles. The number of hydrogen-bond acceptors (Lipinski definition) is 6. The summed E-state index contributed by atoms with van der Waals surface area (Å²) in [4.78, 5) is 40.5. The van der Waals surface area contributed by atoms with Crippen molar-refractivity contribution in [3.05, 3.63) is 58.9 Å². The van der Waals surface area contributed by atoms with Crippen molar-refractivity contribution < 1.29 is 14.3 Å². The number of hydrogen-bond donors (Lipinski definition) is 2. The van der Waals surface area contributed by atoms with Gasteiger partial charge in [-0.1, -0.05) is 0 Å². The number of nitrogens with one attached hydrogen (secondary N) is 2. The van der Waals surface area contributed by atoms with Crippen molar-refractivity contribution in [3.8, 4) is 11.3 Å². The van der Waals surface area contributed by atoms with Gasteiger partial charge in [-0.05, 0) is 18.2 Å². The highest BCUT2D eigenvalue weighted by atomic mass is 16.5. The predicted octanol–water partition coefficient (Wildman–Crippen LogP) is 0.583. The fourth-order valence-corrected chi connectivity index (χ4v) is 2.84. The van der Waals surface area contributed by atoms with E-state index in [0.717, 1.165) is 5.39 Å². The highest BCUT2D eigenvalue weighted by Crippen LogP contribution is 2.20. The first-order valence-corrected chi connectivity index (χ1v) is 7.95. The Kier molecular flexibility index (Phi) is 3.92. The number of ether oxygens (including phenoxy) is 1. The molecule has 2 aliphatic heterocycles. The normalized spacial score (nSPS) is 11.0. The first kappa shape index (κ1) is 16.5. The fourth-order valence-electron chi connectivity index (χ4n) is 2.84. The van der Waals surface area contributed by atoms with Crippen molar-refractivity contribution in [1.29, 1.82) is 0 Å². The number of nitrogens with zero attached hydrogens (tertiary/aromatic N) is 4. The Balaban J connectivity index is 1.63. The van der Waals surface area contributed by atoms with Crippen LogP contribution in [0.25, 0.3) is 22.3 Å². The molecule has 0 spiro atoms. The van der Waals surface area contributed by atoms with Gasteiger partial charge in [0.25, 0.3) is 11.5 Å². The van der Waals surface area contributed by atoms with Gasteiger partial charge in [-0.15, -0.1) is 0 Å². The number of methoxy groups -OCH3 is 1. The maximum atomic E-state index is 12.4. The van der Waals surface area contributed by atoms with Gasteiger partial charge in [-0.2, -0.15) is 5.10 Å². The molecule has 0 bridgehead atoms. The molecule has 0 atom stereocenters. The number of fused-ring (bicyclic) bond motifs is 2. The molecule has 10 heteroatoms. The van der Waals surface area contributed by atoms with Crippen LogP contribution in [0.15, 0.2) is 47.8 Å². The van der Waals surface area contributed by atoms with Gasteiger partial charge >= 0.3 is 5.97 Å². The Labute approximate surface area is 151 Å². The summed E-state index contributed by atoms with van der Waals surface area (Å²) < 4.78 is 7.65. The molecule has 0 fully saturated rings. The summed E-state index contributed by atoms with van der Waals surface area (Å²) >= 11 is 0. The van der Waals surface area contributed by atoms with Crippen LogP contribution in [0.5, 0.6) is 0 Å². The van der Waals surface area contributed by atoms with E-state index in [1.165, 1.54) is 24.2 Å². The molecule has 2 aromatic rings. The van der Waals surface area contributed by atoms with E-state index in [-0.39, 0.29) is 29.3 Å². The lowest BCUT2D eigenvalue weighted by Gasteiger charge is -2.13. The molecule has 27 heavy (non-hydrogen) atoms. The van der Waals surface area contributed by atoms with Crippen LogP contribution in [-0.2, 0) is 16.1 Å². The number of aromatic amines is 1. The molecule has 2 aromatic heterocycles. The zero-order valence-electron chi connectivity index (χ0n) is 14.2. The number of aromatic nitrogens is 5. The van der Waals surface area contributed by atoms with Crippen LogP contribution in [-0.4, -0.2) is 43.4 Å². The van der Waals surface area contributed by atoms with E-state index in [2.05, 4.69) is 20.6 Å². The van der Waals surface area contributed by atoms with Crippen LogP contribution in [0.4, 0.5) is 0 Å². The Hall–Kier alpha value is -3.95. The third-order valence-electron chi connectivity index (χ3n) is 4.06. The van der Waals surface area contributed by atoms with E-state index in [1.54, 1.807) is 17.0 Å². The smallest absolute Gasteiger partial charge is 0.341 e. The molecule has 0 saturated heterocycles. The molecule has 0 saturated carbocycles. The van der Waals surface area contributed by atoms with Crippen LogP contribution < -0.4 is 11.0 Å². The molecule has 0 radical (unpaired) electrons. The maximum absolute atomic E-state index is 12.4. The largest absolute Gasteiger partial charge is 0.465 e. The monoisotopic (exact) mass is 366 g/mol. The molecule has 4 rings (SSSR count). The summed E-state index contributed by atoms with van der Waals surface area (Å²) in [6.07, 6.45) is 6.14. The summed E-state index contributed by atoms with van der Waals surface area (Å²) in [6.45, 7) is 0.00866. The lowest BCUT2D eigenvalue weighted by Crippen LogP contribution is -2.28. The zero-order chi connectivity index (χ0) is 19.0. The highest BCUT2D eigenvalue weighted by Gasteiger charge is 2.22. The van der Waals surface area contributed by atoms with Gasteiger partial charge < -0.3 is 9.30 Å². The van der Waals surface area contributed by atoms with Crippen molar-refractivity contribution in [1.82, 2.24) is 24.4 Å². The van der Waals surface area contributed by atoms with Crippen LogP contribution in [0.2, 0.25) is 0 Å². The topological polar surface area (TPSA) is 124 Å². The number of amides is 1. The standard InChI is InChI=1S/C17H14N6O4/c1-27-17(26)12-8-23(7-11-14(12)19-20-16(11)25)21-13(24)9-22-6-4-10-3-2-5-18-15(10)22/h2-8H,9H2,1H3,(H,20,25)(H,21,24).